The van der Waals surface area contributed by atoms with E-state index in [1.807, 2.05) is 31.3 Å². The Morgan fingerprint density at radius 1 is 1.12 bits per heavy atom. The van der Waals surface area contributed by atoms with Crippen LogP contribution in [0.15, 0.2) is 40.9 Å². The first kappa shape index (κ1) is 21.5. The van der Waals surface area contributed by atoms with E-state index in [4.69, 9.17) is 14.3 Å². The number of furan rings is 1. The number of nitrogens with one attached hydrogen (secondary N) is 1. The van der Waals surface area contributed by atoms with E-state index in [1.54, 1.807) is 9.58 Å². The third kappa shape index (κ3) is 4.43. The van der Waals surface area contributed by atoms with Crippen molar-refractivity contribution in [2.45, 2.75) is 32.7 Å². The molecule has 3 aromatic rings. The molecule has 1 aromatic carbocycles. The summed E-state index contributed by atoms with van der Waals surface area (Å²) in [5.41, 5.74) is 4.80. The van der Waals surface area contributed by atoms with Crippen molar-refractivity contribution in [2.75, 3.05) is 32.8 Å². The molecule has 2 amide bonds. The van der Waals surface area contributed by atoms with Gasteiger partial charge in [0, 0.05) is 43.4 Å². The molecule has 1 aliphatic carbocycles. The van der Waals surface area contributed by atoms with E-state index in [1.165, 1.54) is 5.56 Å². The molecule has 2 aliphatic rings. The van der Waals surface area contributed by atoms with Gasteiger partial charge in [-0.15, -0.1) is 0 Å². The average Bonchev–Trinajstić information content (AvgIpc) is 3.40. The summed E-state index contributed by atoms with van der Waals surface area (Å²) in [7, 11) is 0. The zero-order chi connectivity index (χ0) is 22.8. The number of rotatable bonds is 6. The van der Waals surface area contributed by atoms with E-state index in [2.05, 4.69) is 17.4 Å². The number of ether oxygens (including phenoxy) is 1. The molecule has 0 bridgehead atoms. The molecular weight excluding hydrogens is 420 g/mol. The fourth-order valence-electron chi connectivity index (χ4n) is 4.55. The average molecular weight is 449 g/mol. The van der Waals surface area contributed by atoms with Gasteiger partial charge in [0.1, 0.15) is 12.3 Å². The normalized spacial score (nSPS) is 15.1. The van der Waals surface area contributed by atoms with Crippen LogP contribution in [0.3, 0.4) is 0 Å². The highest BCUT2D eigenvalue weighted by Crippen LogP contribution is 2.38. The van der Waals surface area contributed by atoms with Crippen LogP contribution in [0.2, 0.25) is 0 Å². The van der Waals surface area contributed by atoms with Crippen LogP contribution in [0.25, 0.3) is 11.3 Å². The van der Waals surface area contributed by atoms with E-state index in [0.29, 0.717) is 45.0 Å². The second-order valence-corrected chi connectivity index (χ2v) is 8.55. The Balaban J connectivity index is 1.27. The standard InChI is InChI=1S/C25H28N4O4/c1-17-22-20(33-24(17)25(31)28-11-13-32-14-12-28)8-7-19-15-29(27-23(19)22)16-21(30)26-10-9-18-5-3-2-4-6-18/h2-6,15H,7-14,16H2,1H3,(H,26,30). The van der Waals surface area contributed by atoms with E-state index in [9.17, 15) is 9.59 Å². The van der Waals surface area contributed by atoms with E-state index < -0.39 is 0 Å². The number of benzene rings is 1. The number of carbonyl (C=O) groups excluding carboxylic acids is 2. The molecule has 33 heavy (non-hydrogen) atoms. The van der Waals surface area contributed by atoms with Gasteiger partial charge in [-0.25, -0.2) is 0 Å². The molecule has 5 rings (SSSR count). The molecule has 0 radical (unpaired) electrons. The minimum Gasteiger partial charge on any atom is -0.455 e. The summed E-state index contributed by atoms with van der Waals surface area (Å²) in [4.78, 5) is 27.2. The van der Waals surface area contributed by atoms with Crippen molar-refractivity contribution in [1.82, 2.24) is 20.0 Å². The molecule has 1 saturated heterocycles. The molecule has 172 valence electrons. The molecule has 1 aliphatic heterocycles. The van der Waals surface area contributed by atoms with Gasteiger partial charge >= 0.3 is 0 Å². The molecule has 1 N–H and O–H groups in total. The molecule has 8 heteroatoms. The predicted octanol–water partition coefficient (Wildman–Crippen LogP) is 2.38. The largest absolute Gasteiger partial charge is 0.455 e. The minimum absolute atomic E-state index is 0.0712. The lowest BCUT2D eigenvalue weighted by Gasteiger charge is -2.26. The summed E-state index contributed by atoms with van der Waals surface area (Å²) in [6.07, 6.45) is 4.22. The van der Waals surface area contributed by atoms with Gasteiger partial charge in [0.2, 0.25) is 5.91 Å². The van der Waals surface area contributed by atoms with Crippen LogP contribution in [-0.2, 0) is 35.3 Å². The van der Waals surface area contributed by atoms with Crippen LogP contribution >= 0.6 is 0 Å². The van der Waals surface area contributed by atoms with Gasteiger partial charge in [0.15, 0.2) is 5.76 Å². The maximum absolute atomic E-state index is 13.0. The van der Waals surface area contributed by atoms with E-state index in [0.717, 1.165) is 41.0 Å². The van der Waals surface area contributed by atoms with Crippen LogP contribution in [0.4, 0.5) is 0 Å². The van der Waals surface area contributed by atoms with Gasteiger partial charge in [0.05, 0.1) is 18.9 Å². The van der Waals surface area contributed by atoms with Crippen molar-refractivity contribution in [3.05, 3.63) is 64.7 Å². The quantitative estimate of drug-likeness (QED) is 0.625. The molecule has 2 aromatic heterocycles. The molecule has 0 atom stereocenters. The number of hydrogen-bond acceptors (Lipinski definition) is 5. The molecular formula is C25H28N4O4. The second-order valence-electron chi connectivity index (χ2n) is 8.55. The maximum Gasteiger partial charge on any atom is 0.290 e. The number of fused-ring (bicyclic) bond motifs is 3. The lowest BCUT2D eigenvalue weighted by Crippen LogP contribution is -2.40. The van der Waals surface area contributed by atoms with Crippen molar-refractivity contribution in [2.24, 2.45) is 0 Å². The summed E-state index contributed by atoms with van der Waals surface area (Å²) < 4.78 is 13.1. The summed E-state index contributed by atoms with van der Waals surface area (Å²) in [5.74, 6) is 1.03. The first-order chi connectivity index (χ1) is 16.1. The third-order valence-electron chi connectivity index (χ3n) is 6.29. The van der Waals surface area contributed by atoms with Crippen LogP contribution in [-0.4, -0.2) is 59.3 Å². The monoisotopic (exact) mass is 448 g/mol. The highest BCUT2D eigenvalue weighted by molar-refractivity contribution is 5.95. The van der Waals surface area contributed by atoms with Crippen molar-refractivity contribution in [1.29, 1.82) is 0 Å². The Hall–Kier alpha value is -3.39. The molecule has 0 spiro atoms. The molecule has 0 saturated carbocycles. The first-order valence-corrected chi connectivity index (χ1v) is 11.5. The molecule has 8 nitrogen and oxygen atoms in total. The predicted molar refractivity (Wildman–Crippen MR) is 122 cm³/mol. The van der Waals surface area contributed by atoms with Gasteiger partial charge in [-0.2, -0.15) is 5.10 Å². The maximum atomic E-state index is 13.0. The highest BCUT2D eigenvalue weighted by atomic mass is 16.5. The van der Waals surface area contributed by atoms with Crippen LogP contribution < -0.4 is 5.32 Å². The summed E-state index contributed by atoms with van der Waals surface area (Å²) in [6.45, 7) is 4.90. The zero-order valence-corrected chi connectivity index (χ0v) is 18.8. The molecule has 3 heterocycles. The molecule has 0 unspecified atom stereocenters. The summed E-state index contributed by atoms with van der Waals surface area (Å²) >= 11 is 0. The number of amides is 2. The second kappa shape index (κ2) is 9.23. The number of aryl methyl sites for hydroxylation is 2. The number of morpholine rings is 1. The SMILES string of the molecule is Cc1c(C(=O)N2CCOCC2)oc2c1-c1nn(CC(=O)NCCc3ccccc3)cc1CC2. The Kier molecular flexibility index (Phi) is 6.00. The number of carbonyl (C=O) groups is 2. The lowest BCUT2D eigenvalue weighted by atomic mass is 9.93. The summed E-state index contributed by atoms with van der Waals surface area (Å²) in [6, 6.07) is 10.1. The Morgan fingerprint density at radius 2 is 1.91 bits per heavy atom. The van der Waals surface area contributed by atoms with Gasteiger partial charge < -0.3 is 19.4 Å². The topological polar surface area (TPSA) is 89.6 Å². The Morgan fingerprint density at radius 3 is 2.70 bits per heavy atom. The van der Waals surface area contributed by atoms with Crippen LogP contribution in [0.5, 0.6) is 0 Å². The highest BCUT2D eigenvalue weighted by Gasteiger charge is 2.32. The lowest BCUT2D eigenvalue weighted by molar-refractivity contribution is -0.121. The van der Waals surface area contributed by atoms with Gasteiger partial charge in [-0.05, 0) is 30.9 Å². The van der Waals surface area contributed by atoms with Gasteiger partial charge in [0.25, 0.3) is 5.91 Å². The third-order valence-corrected chi connectivity index (χ3v) is 6.29. The van der Waals surface area contributed by atoms with Crippen molar-refractivity contribution in [3.8, 4) is 11.3 Å². The Labute approximate surface area is 192 Å². The summed E-state index contributed by atoms with van der Waals surface area (Å²) in [5, 5.41) is 7.66. The number of hydrogen-bond donors (Lipinski definition) is 1. The smallest absolute Gasteiger partial charge is 0.290 e. The number of nitrogens with zero attached hydrogens (tertiary/aromatic N) is 3. The van der Waals surface area contributed by atoms with Gasteiger partial charge in [-0.1, -0.05) is 30.3 Å². The van der Waals surface area contributed by atoms with E-state index in [-0.39, 0.29) is 18.4 Å². The fraction of sp³-hybridized carbons (Fsp3) is 0.400. The van der Waals surface area contributed by atoms with E-state index >= 15 is 0 Å². The van der Waals surface area contributed by atoms with Crippen molar-refractivity contribution < 1.29 is 18.7 Å². The molecule has 1 fully saturated rings. The van der Waals surface area contributed by atoms with Crippen LogP contribution in [0, 0.1) is 6.92 Å². The minimum atomic E-state index is -0.0935. The number of aromatic nitrogens is 2. The van der Waals surface area contributed by atoms with Crippen LogP contribution in [0.1, 0.15) is 33.0 Å². The Bertz CT molecular complexity index is 1160. The van der Waals surface area contributed by atoms with Crippen molar-refractivity contribution in [3.63, 3.8) is 0 Å². The first-order valence-electron chi connectivity index (χ1n) is 11.5. The fourth-order valence-corrected chi connectivity index (χ4v) is 4.55. The van der Waals surface area contributed by atoms with Crippen molar-refractivity contribution >= 4 is 11.8 Å². The zero-order valence-electron chi connectivity index (χ0n) is 18.8. The van der Waals surface area contributed by atoms with Gasteiger partial charge in [-0.3, -0.25) is 14.3 Å².